The molecule has 1 aromatic heterocycles. The van der Waals surface area contributed by atoms with Crippen LogP contribution in [0.1, 0.15) is 30.1 Å². The number of benzene rings is 2. The first-order valence-corrected chi connectivity index (χ1v) is 10.3. The van der Waals surface area contributed by atoms with Crippen molar-refractivity contribution >= 4 is 17.7 Å². The van der Waals surface area contributed by atoms with Crippen molar-refractivity contribution in [2.24, 2.45) is 0 Å². The first-order valence-electron chi connectivity index (χ1n) is 9.91. The molecule has 0 atom stereocenters. The predicted octanol–water partition coefficient (Wildman–Crippen LogP) is 5.52. The van der Waals surface area contributed by atoms with Crippen LogP contribution in [-0.4, -0.2) is 36.3 Å². The summed E-state index contributed by atoms with van der Waals surface area (Å²) in [5, 5.41) is 4.90. The van der Waals surface area contributed by atoms with Crippen LogP contribution in [0, 0.1) is 0 Å². The zero-order valence-corrected chi connectivity index (χ0v) is 17.5. The van der Waals surface area contributed by atoms with Gasteiger partial charge in [-0.15, -0.1) is 0 Å². The van der Waals surface area contributed by atoms with E-state index in [1.54, 1.807) is 4.90 Å². The minimum atomic E-state index is -0.296. The lowest BCUT2D eigenvalue weighted by Gasteiger charge is -2.30. The molecule has 0 unspecified atom stereocenters. The summed E-state index contributed by atoms with van der Waals surface area (Å²) in [6.45, 7) is 1.62. The van der Waals surface area contributed by atoms with E-state index >= 15 is 0 Å². The smallest absolute Gasteiger partial charge is 0.409 e. The summed E-state index contributed by atoms with van der Waals surface area (Å²) in [5.74, 6) is 1.38. The highest BCUT2D eigenvalue weighted by Gasteiger charge is 2.31. The van der Waals surface area contributed by atoms with Crippen molar-refractivity contribution in [3.05, 3.63) is 70.9 Å². The Kier molecular flexibility index (Phi) is 6.23. The molecule has 2 aromatic carbocycles. The molecule has 0 saturated carbocycles. The number of carbonyl (C=O) groups is 1. The van der Waals surface area contributed by atoms with Gasteiger partial charge in [-0.25, -0.2) is 4.79 Å². The molecular formula is C23H23ClN2O4. The molecule has 0 aliphatic carbocycles. The highest BCUT2D eigenvalue weighted by Crippen LogP contribution is 2.41. The maximum atomic E-state index is 11.8. The first-order chi connectivity index (χ1) is 14.7. The van der Waals surface area contributed by atoms with E-state index in [4.69, 9.17) is 25.6 Å². The van der Waals surface area contributed by atoms with Gasteiger partial charge >= 0.3 is 6.09 Å². The molecule has 6 nitrogen and oxygen atoms in total. The summed E-state index contributed by atoms with van der Waals surface area (Å²) in [5.41, 5.74) is 2.84. The lowest BCUT2D eigenvalue weighted by molar-refractivity contribution is 0.110. The third-order valence-corrected chi connectivity index (χ3v) is 5.59. The van der Waals surface area contributed by atoms with Crippen LogP contribution in [0.5, 0.6) is 5.88 Å². The van der Waals surface area contributed by atoms with Crippen molar-refractivity contribution in [1.29, 1.82) is 0 Å². The van der Waals surface area contributed by atoms with Crippen molar-refractivity contribution in [1.82, 2.24) is 10.1 Å². The lowest BCUT2D eigenvalue weighted by Crippen LogP contribution is -2.37. The number of halogens is 1. The molecule has 0 N–H and O–H groups in total. The van der Waals surface area contributed by atoms with Crippen molar-refractivity contribution in [2.45, 2.75) is 25.4 Å². The molecule has 1 aliphatic rings. The largest absolute Gasteiger partial charge is 0.470 e. The topological polar surface area (TPSA) is 64.8 Å². The number of likely N-dealkylation sites (tertiary alicyclic amines) is 1. The number of piperidine rings is 1. The number of hydrogen-bond donors (Lipinski definition) is 0. The van der Waals surface area contributed by atoms with E-state index in [-0.39, 0.29) is 12.0 Å². The van der Waals surface area contributed by atoms with E-state index in [1.165, 1.54) is 7.11 Å². The molecule has 30 heavy (non-hydrogen) atoms. The van der Waals surface area contributed by atoms with Gasteiger partial charge in [-0.05, 0) is 41.3 Å². The molecule has 7 heteroatoms. The zero-order valence-electron chi connectivity index (χ0n) is 16.7. The quantitative estimate of drug-likeness (QED) is 0.537. The van der Waals surface area contributed by atoms with Gasteiger partial charge in [0, 0.05) is 24.0 Å². The lowest BCUT2D eigenvalue weighted by atomic mass is 9.90. The molecule has 0 radical (unpaired) electrons. The summed E-state index contributed by atoms with van der Waals surface area (Å²) in [6, 6.07) is 17.5. The Labute approximate surface area is 180 Å². The Morgan fingerprint density at radius 2 is 1.83 bits per heavy atom. The molecule has 0 spiro atoms. The molecule has 1 aliphatic heterocycles. The van der Waals surface area contributed by atoms with Gasteiger partial charge in [0.1, 0.15) is 6.61 Å². The van der Waals surface area contributed by atoms with Crippen LogP contribution in [0.4, 0.5) is 4.79 Å². The van der Waals surface area contributed by atoms with E-state index in [1.807, 2.05) is 54.6 Å². The van der Waals surface area contributed by atoms with E-state index in [2.05, 4.69) is 5.16 Å². The molecular weight excluding hydrogens is 404 g/mol. The van der Waals surface area contributed by atoms with E-state index in [0.29, 0.717) is 30.6 Å². The SMILES string of the molecule is COC(=O)N1CCC(c2onc(OCc3ccccc3)c2-c2ccc(Cl)cc2)CC1. The molecule has 2 heterocycles. The number of rotatable bonds is 5. The van der Waals surface area contributed by atoms with Crippen molar-refractivity contribution in [3.63, 3.8) is 0 Å². The second kappa shape index (κ2) is 9.22. The fourth-order valence-electron chi connectivity index (χ4n) is 3.73. The van der Waals surface area contributed by atoms with Gasteiger partial charge in [0.25, 0.3) is 5.88 Å². The minimum absolute atomic E-state index is 0.137. The zero-order chi connectivity index (χ0) is 20.9. The molecule has 0 bridgehead atoms. The Morgan fingerprint density at radius 1 is 1.13 bits per heavy atom. The average Bonchev–Trinajstić information content (AvgIpc) is 3.22. The molecule has 156 valence electrons. The highest BCUT2D eigenvalue weighted by molar-refractivity contribution is 6.30. The molecule has 1 amide bonds. The second-order valence-corrected chi connectivity index (χ2v) is 7.68. The van der Waals surface area contributed by atoms with Crippen molar-refractivity contribution < 1.29 is 18.8 Å². The van der Waals surface area contributed by atoms with E-state index in [9.17, 15) is 4.79 Å². The number of ether oxygens (including phenoxy) is 2. The van der Waals surface area contributed by atoms with Crippen LogP contribution in [0.2, 0.25) is 5.02 Å². The average molecular weight is 427 g/mol. The predicted molar refractivity (Wildman–Crippen MR) is 114 cm³/mol. The third kappa shape index (κ3) is 4.44. The summed E-state index contributed by atoms with van der Waals surface area (Å²) in [4.78, 5) is 13.5. The van der Waals surface area contributed by atoms with Crippen LogP contribution in [0.25, 0.3) is 11.1 Å². The van der Waals surface area contributed by atoms with E-state index < -0.39 is 0 Å². The highest BCUT2D eigenvalue weighted by atomic mass is 35.5. The number of nitrogens with zero attached hydrogens (tertiary/aromatic N) is 2. The van der Waals surface area contributed by atoms with Gasteiger partial charge in [0.2, 0.25) is 0 Å². The van der Waals surface area contributed by atoms with Gasteiger partial charge in [-0.2, -0.15) is 0 Å². The number of methoxy groups -OCH3 is 1. The van der Waals surface area contributed by atoms with Crippen molar-refractivity contribution in [3.8, 4) is 17.0 Å². The Bertz CT molecular complexity index is 980. The van der Waals surface area contributed by atoms with Crippen LogP contribution >= 0.6 is 11.6 Å². The monoisotopic (exact) mass is 426 g/mol. The summed E-state index contributed by atoms with van der Waals surface area (Å²) in [6.07, 6.45) is 1.24. The molecule has 3 aromatic rings. The number of hydrogen-bond acceptors (Lipinski definition) is 5. The van der Waals surface area contributed by atoms with Crippen LogP contribution < -0.4 is 4.74 Å². The maximum Gasteiger partial charge on any atom is 0.409 e. The molecule has 1 fully saturated rings. The minimum Gasteiger partial charge on any atom is -0.470 e. The van der Waals surface area contributed by atoms with Crippen LogP contribution in [0.15, 0.2) is 59.1 Å². The number of amides is 1. The third-order valence-electron chi connectivity index (χ3n) is 5.34. The fraction of sp³-hybridized carbons (Fsp3) is 0.304. The number of aromatic nitrogens is 1. The summed E-state index contributed by atoms with van der Waals surface area (Å²) < 4.78 is 16.7. The number of carbonyl (C=O) groups excluding carboxylic acids is 1. The first kappa shape index (κ1) is 20.3. The van der Waals surface area contributed by atoms with Crippen molar-refractivity contribution in [2.75, 3.05) is 20.2 Å². The van der Waals surface area contributed by atoms with Gasteiger partial charge in [0.05, 0.1) is 12.7 Å². The van der Waals surface area contributed by atoms with Crippen LogP contribution in [0.3, 0.4) is 0 Å². The molecule has 1 saturated heterocycles. The second-order valence-electron chi connectivity index (χ2n) is 7.24. The standard InChI is InChI=1S/C23H23ClN2O4/c1-28-23(27)26-13-11-18(12-14-26)21-20(17-7-9-19(24)10-8-17)22(25-30-21)29-15-16-5-3-2-4-6-16/h2-10,18H,11-15H2,1H3. The summed E-state index contributed by atoms with van der Waals surface area (Å²) >= 11 is 6.08. The Hall–Kier alpha value is -2.99. The Balaban J connectivity index is 1.59. The maximum absolute atomic E-state index is 11.8. The van der Waals surface area contributed by atoms with E-state index in [0.717, 1.165) is 35.3 Å². The van der Waals surface area contributed by atoms with Crippen LogP contribution in [-0.2, 0) is 11.3 Å². The summed E-state index contributed by atoms with van der Waals surface area (Å²) in [7, 11) is 1.40. The van der Waals surface area contributed by atoms with Gasteiger partial charge in [0.15, 0.2) is 5.76 Å². The van der Waals surface area contributed by atoms with Gasteiger partial charge in [-0.1, -0.05) is 54.1 Å². The van der Waals surface area contributed by atoms with Gasteiger partial charge in [-0.3, -0.25) is 0 Å². The normalized spacial score (nSPS) is 14.5. The fourth-order valence-corrected chi connectivity index (χ4v) is 3.85. The van der Waals surface area contributed by atoms with Gasteiger partial charge < -0.3 is 18.9 Å². The molecule has 4 rings (SSSR count). The Morgan fingerprint density at radius 3 is 2.50 bits per heavy atom.